The second kappa shape index (κ2) is 9.82. The van der Waals surface area contributed by atoms with E-state index in [-0.39, 0.29) is 17.2 Å². The summed E-state index contributed by atoms with van der Waals surface area (Å²) in [5.74, 6) is -3.79. The van der Waals surface area contributed by atoms with Crippen molar-refractivity contribution in [2.45, 2.75) is 25.8 Å². The molecule has 1 aliphatic rings. The standard InChI is InChI=1S/C24H22F3N5O2/c25-18-8-9-19(26)23(27)16(18)12-29-20-11-21(30-13-17(20)24(28)34)31-14-4-6-15(7-5-14)32-10-2-1-3-22(32)33/h4-9,11,13H,1-3,10,12H2,(H2,28,34)(H2,29,30,31). The Hall–Kier alpha value is -4.08. The number of aromatic nitrogens is 1. The molecule has 0 bridgehead atoms. The van der Waals surface area contributed by atoms with Crippen LogP contribution in [0.4, 0.5) is 36.1 Å². The number of carbonyl (C=O) groups is 2. The second-order valence-corrected chi connectivity index (χ2v) is 7.83. The predicted molar refractivity (Wildman–Crippen MR) is 122 cm³/mol. The van der Waals surface area contributed by atoms with Crippen molar-refractivity contribution in [1.29, 1.82) is 0 Å². The van der Waals surface area contributed by atoms with Gasteiger partial charge in [-0.3, -0.25) is 9.59 Å². The molecule has 4 rings (SSSR count). The molecule has 176 valence electrons. The van der Waals surface area contributed by atoms with Crippen LogP contribution in [0.2, 0.25) is 0 Å². The number of carbonyl (C=O) groups excluding carboxylic acids is 2. The third-order valence-corrected chi connectivity index (χ3v) is 5.54. The van der Waals surface area contributed by atoms with Gasteiger partial charge in [-0.15, -0.1) is 0 Å². The lowest BCUT2D eigenvalue weighted by molar-refractivity contribution is -0.119. The van der Waals surface area contributed by atoms with Gasteiger partial charge in [0.25, 0.3) is 5.91 Å². The molecule has 3 aromatic rings. The highest BCUT2D eigenvalue weighted by molar-refractivity contribution is 5.98. The fourth-order valence-corrected chi connectivity index (χ4v) is 3.73. The average molecular weight is 469 g/mol. The quantitative estimate of drug-likeness (QED) is 0.444. The van der Waals surface area contributed by atoms with E-state index >= 15 is 0 Å². The molecule has 7 nitrogen and oxygen atoms in total. The first-order chi connectivity index (χ1) is 16.3. The molecule has 4 N–H and O–H groups in total. The summed E-state index contributed by atoms with van der Waals surface area (Å²) < 4.78 is 41.4. The zero-order valence-corrected chi connectivity index (χ0v) is 18.1. The summed E-state index contributed by atoms with van der Waals surface area (Å²) in [7, 11) is 0. The number of halogens is 3. The largest absolute Gasteiger partial charge is 0.380 e. The number of nitrogens with zero attached hydrogens (tertiary/aromatic N) is 2. The third-order valence-electron chi connectivity index (χ3n) is 5.54. The van der Waals surface area contributed by atoms with Crippen LogP contribution in [0, 0.1) is 17.5 Å². The molecule has 1 aliphatic heterocycles. The molecule has 1 aromatic heterocycles. The maximum Gasteiger partial charge on any atom is 0.252 e. The van der Waals surface area contributed by atoms with Crippen molar-refractivity contribution in [2.24, 2.45) is 5.73 Å². The number of nitrogens with two attached hydrogens (primary N) is 1. The molecule has 2 heterocycles. The summed E-state index contributed by atoms with van der Waals surface area (Å²) in [6, 6.07) is 10.2. The molecule has 10 heteroatoms. The number of pyridine rings is 1. The van der Waals surface area contributed by atoms with Crippen molar-refractivity contribution in [2.75, 3.05) is 22.1 Å². The highest BCUT2D eigenvalue weighted by atomic mass is 19.2. The van der Waals surface area contributed by atoms with Gasteiger partial charge < -0.3 is 21.3 Å². The normalized spacial score (nSPS) is 13.6. The Kier molecular flexibility index (Phi) is 6.67. The van der Waals surface area contributed by atoms with Gasteiger partial charge in [-0.2, -0.15) is 0 Å². The van der Waals surface area contributed by atoms with Crippen molar-refractivity contribution in [3.05, 3.63) is 77.2 Å². The Morgan fingerprint density at radius 1 is 1.06 bits per heavy atom. The predicted octanol–water partition coefficient (Wildman–Crippen LogP) is 4.47. The molecule has 0 atom stereocenters. The molecular weight excluding hydrogens is 447 g/mol. The van der Waals surface area contributed by atoms with E-state index in [0.29, 0.717) is 30.5 Å². The van der Waals surface area contributed by atoms with E-state index in [4.69, 9.17) is 5.73 Å². The van der Waals surface area contributed by atoms with Gasteiger partial charge in [-0.05, 0) is 49.2 Å². The first-order valence-corrected chi connectivity index (χ1v) is 10.7. The number of nitrogens with one attached hydrogen (secondary N) is 2. The molecule has 34 heavy (non-hydrogen) atoms. The highest BCUT2D eigenvalue weighted by Crippen LogP contribution is 2.26. The molecule has 0 aliphatic carbocycles. The van der Waals surface area contributed by atoms with E-state index < -0.39 is 35.5 Å². The van der Waals surface area contributed by atoms with Crippen molar-refractivity contribution in [3.8, 4) is 0 Å². The summed E-state index contributed by atoms with van der Waals surface area (Å²) in [5.41, 5.74) is 6.52. The van der Waals surface area contributed by atoms with Crippen molar-refractivity contribution >= 4 is 34.7 Å². The van der Waals surface area contributed by atoms with Gasteiger partial charge in [-0.25, -0.2) is 18.2 Å². The molecule has 0 unspecified atom stereocenters. The molecule has 0 spiro atoms. The molecule has 0 saturated carbocycles. The Morgan fingerprint density at radius 3 is 2.50 bits per heavy atom. The smallest absolute Gasteiger partial charge is 0.252 e. The minimum absolute atomic E-state index is 0.00160. The number of piperidine rings is 1. The number of benzene rings is 2. The zero-order valence-electron chi connectivity index (χ0n) is 18.1. The molecule has 2 amide bonds. The minimum Gasteiger partial charge on any atom is -0.380 e. The number of hydrogen-bond donors (Lipinski definition) is 3. The minimum atomic E-state index is -1.31. The van der Waals surface area contributed by atoms with Crippen LogP contribution in [-0.4, -0.2) is 23.3 Å². The molecule has 2 aromatic carbocycles. The Balaban J connectivity index is 1.52. The average Bonchev–Trinajstić information content (AvgIpc) is 2.82. The summed E-state index contributed by atoms with van der Waals surface area (Å²) in [6.07, 6.45) is 3.62. The lowest BCUT2D eigenvalue weighted by Gasteiger charge is -2.26. The Bertz CT molecular complexity index is 1230. The van der Waals surface area contributed by atoms with Gasteiger partial charge in [-0.1, -0.05) is 0 Å². The third kappa shape index (κ3) is 4.95. The topological polar surface area (TPSA) is 100 Å². The van der Waals surface area contributed by atoms with E-state index in [1.807, 2.05) is 12.1 Å². The molecular formula is C24H22F3N5O2. The molecule has 1 saturated heterocycles. The van der Waals surface area contributed by atoms with Crippen LogP contribution in [0.3, 0.4) is 0 Å². The van der Waals surface area contributed by atoms with Gasteiger partial charge in [0.15, 0.2) is 11.6 Å². The first-order valence-electron chi connectivity index (χ1n) is 10.7. The van der Waals surface area contributed by atoms with E-state index in [9.17, 15) is 22.8 Å². The number of rotatable bonds is 7. The first kappa shape index (κ1) is 23.1. The SMILES string of the molecule is NC(=O)c1cnc(Nc2ccc(N3CCCCC3=O)cc2)cc1NCc1c(F)ccc(F)c1F. The van der Waals surface area contributed by atoms with E-state index in [1.54, 1.807) is 17.0 Å². The van der Waals surface area contributed by atoms with Gasteiger partial charge in [0, 0.05) is 48.7 Å². The lowest BCUT2D eigenvalue weighted by Crippen LogP contribution is -2.35. The monoisotopic (exact) mass is 469 g/mol. The lowest BCUT2D eigenvalue weighted by atomic mass is 10.1. The van der Waals surface area contributed by atoms with Crippen LogP contribution in [0.15, 0.2) is 48.7 Å². The van der Waals surface area contributed by atoms with Gasteiger partial charge >= 0.3 is 0 Å². The fraction of sp³-hybridized carbons (Fsp3) is 0.208. The van der Waals surface area contributed by atoms with Gasteiger partial charge in [0.05, 0.1) is 11.3 Å². The number of amides is 2. The maximum atomic E-state index is 14.0. The second-order valence-electron chi connectivity index (χ2n) is 7.83. The van der Waals surface area contributed by atoms with Crippen LogP contribution >= 0.6 is 0 Å². The summed E-state index contributed by atoms with van der Waals surface area (Å²) in [6.45, 7) is 0.265. The molecule has 1 fully saturated rings. The Morgan fingerprint density at radius 2 is 1.79 bits per heavy atom. The van der Waals surface area contributed by atoms with Crippen LogP contribution in [0.1, 0.15) is 35.2 Å². The van der Waals surface area contributed by atoms with Crippen molar-refractivity contribution in [3.63, 3.8) is 0 Å². The van der Waals surface area contributed by atoms with E-state index in [2.05, 4.69) is 15.6 Å². The van der Waals surface area contributed by atoms with Crippen LogP contribution < -0.4 is 21.3 Å². The van der Waals surface area contributed by atoms with Crippen molar-refractivity contribution in [1.82, 2.24) is 4.98 Å². The maximum absolute atomic E-state index is 14.0. The summed E-state index contributed by atoms with van der Waals surface area (Å²) in [4.78, 5) is 29.8. The highest BCUT2D eigenvalue weighted by Gasteiger charge is 2.19. The van der Waals surface area contributed by atoms with E-state index in [1.165, 1.54) is 12.3 Å². The Labute approximate surface area is 193 Å². The van der Waals surface area contributed by atoms with E-state index in [0.717, 1.165) is 24.6 Å². The van der Waals surface area contributed by atoms with Crippen LogP contribution in [-0.2, 0) is 11.3 Å². The van der Waals surface area contributed by atoms with Crippen molar-refractivity contribution < 1.29 is 22.8 Å². The van der Waals surface area contributed by atoms with Crippen LogP contribution in [0.25, 0.3) is 0 Å². The zero-order chi connectivity index (χ0) is 24.2. The van der Waals surface area contributed by atoms with Gasteiger partial charge in [0.1, 0.15) is 11.6 Å². The number of primary amides is 1. The van der Waals surface area contributed by atoms with Gasteiger partial charge in [0.2, 0.25) is 5.91 Å². The fourth-order valence-electron chi connectivity index (χ4n) is 3.73. The summed E-state index contributed by atoms with van der Waals surface area (Å²) >= 11 is 0. The summed E-state index contributed by atoms with van der Waals surface area (Å²) in [5, 5.41) is 5.80. The van der Waals surface area contributed by atoms with Crippen LogP contribution in [0.5, 0.6) is 0 Å². The number of anilines is 4. The number of hydrogen-bond acceptors (Lipinski definition) is 5. The molecule has 0 radical (unpaired) electrons.